The van der Waals surface area contributed by atoms with Crippen LogP contribution in [0.15, 0.2) is 0 Å². The summed E-state index contributed by atoms with van der Waals surface area (Å²) in [5.74, 6) is 0.449. The van der Waals surface area contributed by atoms with Crippen molar-refractivity contribution in [2.75, 3.05) is 25.5 Å². The van der Waals surface area contributed by atoms with Crippen molar-refractivity contribution in [1.29, 1.82) is 0 Å². The summed E-state index contributed by atoms with van der Waals surface area (Å²) in [4.78, 5) is 13.9. The number of hydrogen-bond acceptors (Lipinski definition) is 5. The van der Waals surface area contributed by atoms with E-state index in [1.54, 1.807) is 0 Å². The summed E-state index contributed by atoms with van der Waals surface area (Å²) in [6, 6.07) is 0.341. The maximum atomic E-state index is 5.70. The molecule has 0 aliphatic carbocycles. The molecule has 1 aliphatic rings. The van der Waals surface area contributed by atoms with Crippen molar-refractivity contribution in [3.05, 3.63) is 10.6 Å². The molecule has 1 aromatic heterocycles. The second kappa shape index (κ2) is 5.12. The van der Waals surface area contributed by atoms with Gasteiger partial charge in [-0.2, -0.15) is 15.0 Å². The van der Waals surface area contributed by atoms with Crippen LogP contribution in [0.2, 0.25) is 10.6 Å². The van der Waals surface area contributed by atoms with Gasteiger partial charge in [0.05, 0.1) is 0 Å². The fourth-order valence-electron chi connectivity index (χ4n) is 1.86. The number of aromatic nitrogens is 3. The van der Waals surface area contributed by atoms with Gasteiger partial charge in [-0.15, -0.1) is 0 Å². The van der Waals surface area contributed by atoms with E-state index in [0.717, 1.165) is 19.5 Å². The lowest BCUT2D eigenvalue weighted by atomic mass is 10.1. The van der Waals surface area contributed by atoms with Gasteiger partial charge in [-0.05, 0) is 49.6 Å². The molecule has 1 N–H and O–H groups in total. The Labute approximate surface area is 104 Å². The molecule has 0 amide bonds. The molecular weight excluding hydrogens is 249 g/mol. The van der Waals surface area contributed by atoms with Gasteiger partial charge in [0.15, 0.2) is 0 Å². The molecule has 7 heteroatoms. The minimum Gasteiger partial charge on any atom is -0.350 e. The van der Waals surface area contributed by atoms with Crippen LogP contribution in [-0.4, -0.2) is 46.0 Å². The molecule has 1 fully saturated rings. The van der Waals surface area contributed by atoms with E-state index in [1.807, 2.05) is 0 Å². The summed E-state index contributed by atoms with van der Waals surface area (Å²) in [5, 5.41) is 3.45. The zero-order valence-corrected chi connectivity index (χ0v) is 10.5. The van der Waals surface area contributed by atoms with Crippen LogP contribution in [-0.2, 0) is 0 Å². The van der Waals surface area contributed by atoms with Crippen LogP contribution in [0.4, 0.5) is 5.95 Å². The third-order valence-corrected chi connectivity index (χ3v) is 2.88. The largest absolute Gasteiger partial charge is 0.350 e. The Morgan fingerprint density at radius 3 is 2.56 bits per heavy atom. The quantitative estimate of drug-likeness (QED) is 0.878. The number of rotatable bonds is 2. The van der Waals surface area contributed by atoms with E-state index in [9.17, 15) is 0 Å². The molecule has 1 aromatic rings. The summed E-state index contributed by atoms with van der Waals surface area (Å²) in [6.45, 7) is 2.11. The Morgan fingerprint density at radius 1 is 1.25 bits per heavy atom. The number of nitrogens with zero attached hydrogens (tertiary/aromatic N) is 4. The standard InChI is InChI=1S/C9H13Cl2N5/c1-16-4-2-3-6(5-16)12-9-14-7(10)13-8(11)15-9/h6H,2-5H2,1H3,(H,12,13,14,15). The lowest BCUT2D eigenvalue weighted by Crippen LogP contribution is -2.40. The summed E-state index contributed by atoms with van der Waals surface area (Å²) in [5.41, 5.74) is 0. The highest BCUT2D eigenvalue weighted by Crippen LogP contribution is 2.14. The first-order valence-electron chi connectivity index (χ1n) is 5.15. The first-order valence-corrected chi connectivity index (χ1v) is 5.91. The average Bonchev–Trinajstić information content (AvgIpc) is 2.15. The minimum atomic E-state index is 0.117. The maximum absolute atomic E-state index is 5.70. The van der Waals surface area contributed by atoms with Gasteiger partial charge in [0.1, 0.15) is 0 Å². The van der Waals surface area contributed by atoms with Crippen molar-refractivity contribution >= 4 is 29.2 Å². The van der Waals surface area contributed by atoms with Gasteiger partial charge in [0.2, 0.25) is 16.5 Å². The third-order valence-electron chi connectivity index (χ3n) is 2.54. The predicted molar refractivity (Wildman–Crippen MR) is 64.0 cm³/mol. The zero-order chi connectivity index (χ0) is 11.5. The lowest BCUT2D eigenvalue weighted by Gasteiger charge is -2.30. The molecule has 0 bridgehead atoms. The summed E-state index contributed by atoms with van der Waals surface area (Å²) in [7, 11) is 2.10. The number of likely N-dealkylation sites (tertiary alicyclic amines) is 1. The fourth-order valence-corrected chi connectivity index (χ4v) is 2.22. The zero-order valence-electron chi connectivity index (χ0n) is 8.95. The third kappa shape index (κ3) is 3.17. The molecule has 5 nitrogen and oxygen atoms in total. The number of piperidine rings is 1. The molecule has 1 unspecified atom stereocenters. The lowest BCUT2D eigenvalue weighted by molar-refractivity contribution is 0.260. The second-order valence-corrected chi connectivity index (χ2v) is 4.62. The van der Waals surface area contributed by atoms with Crippen LogP contribution in [0.25, 0.3) is 0 Å². The SMILES string of the molecule is CN1CCCC(Nc2nc(Cl)nc(Cl)n2)C1. The summed E-state index contributed by atoms with van der Waals surface area (Å²) in [6.07, 6.45) is 2.27. The fraction of sp³-hybridized carbons (Fsp3) is 0.667. The molecule has 88 valence electrons. The molecule has 2 heterocycles. The molecule has 0 radical (unpaired) electrons. The van der Waals surface area contributed by atoms with Crippen molar-refractivity contribution in [2.24, 2.45) is 0 Å². The first kappa shape index (κ1) is 11.8. The number of likely N-dealkylation sites (N-methyl/N-ethyl adjacent to an activating group) is 1. The molecule has 0 saturated carbocycles. The topological polar surface area (TPSA) is 53.9 Å². The summed E-state index contributed by atoms with van der Waals surface area (Å²) >= 11 is 11.4. The highest BCUT2D eigenvalue weighted by molar-refractivity contribution is 6.31. The van der Waals surface area contributed by atoms with E-state index >= 15 is 0 Å². The Bertz CT molecular complexity index is 353. The Hall–Kier alpha value is -0.650. The molecule has 0 aromatic carbocycles. The van der Waals surface area contributed by atoms with E-state index in [1.165, 1.54) is 6.42 Å². The van der Waals surface area contributed by atoms with Gasteiger partial charge in [-0.25, -0.2) is 0 Å². The van der Waals surface area contributed by atoms with Crippen molar-refractivity contribution < 1.29 is 0 Å². The molecule has 1 aliphatic heterocycles. The number of nitrogens with one attached hydrogen (secondary N) is 1. The highest BCUT2D eigenvalue weighted by Gasteiger charge is 2.18. The van der Waals surface area contributed by atoms with Gasteiger partial charge >= 0.3 is 0 Å². The molecule has 1 saturated heterocycles. The number of hydrogen-bond donors (Lipinski definition) is 1. The van der Waals surface area contributed by atoms with Gasteiger partial charge in [-0.1, -0.05) is 0 Å². The van der Waals surface area contributed by atoms with Crippen LogP contribution in [0.3, 0.4) is 0 Å². The average molecular weight is 262 g/mol. The molecule has 0 spiro atoms. The second-order valence-electron chi connectivity index (χ2n) is 3.94. The number of halogens is 2. The smallest absolute Gasteiger partial charge is 0.228 e. The van der Waals surface area contributed by atoms with Gasteiger partial charge in [0, 0.05) is 12.6 Å². The Morgan fingerprint density at radius 2 is 1.94 bits per heavy atom. The molecule has 2 rings (SSSR count). The first-order chi connectivity index (χ1) is 7.63. The van der Waals surface area contributed by atoms with Crippen molar-refractivity contribution in [1.82, 2.24) is 19.9 Å². The van der Waals surface area contributed by atoms with Gasteiger partial charge < -0.3 is 10.2 Å². The normalized spacial score (nSPS) is 22.1. The molecular formula is C9H13Cl2N5. The van der Waals surface area contributed by atoms with Crippen LogP contribution in [0.1, 0.15) is 12.8 Å². The molecule has 1 atom stereocenters. The molecule has 16 heavy (non-hydrogen) atoms. The van der Waals surface area contributed by atoms with E-state index in [0.29, 0.717) is 12.0 Å². The van der Waals surface area contributed by atoms with Crippen LogP contribution in [0, 0.1) is 0 Å². The predicted octanol–water partition coefficient (Wildman–Crippen LogP) is 1.68. The van der Waals surface area contributed by atoms with E-state index < -0.39 is 0 Å². The minimum absolute atomic E-state index is 0.117. The highest BCUT2D eigenvalue weighted by atomic mass is 35.5. The maximum Gasteiger partial charge on any atom is 0.228 e. The number of anilines is 1. The van der Waals surface area contributed by atoms with Crippen molar-refractivity contribution in [3.8, 4) is 0 Å². The van der Waals surface area contributed by atoms with Gasteiger partial charge in [-0.3, -0.25) is 0 Å². The summed E-state index contributed by atoms with van der Waals surface area (Å²) < 4.78 is 0. The Balaban J connectivity index is 2.02. The Kier molecular flexibility index (Phi) is 3.78. The van der Waals surface area contributed by atoms with E-state index in [4.69, 9.17) is 23.2 Å². The van der Waals surface area contributed by atoms with Crippen molar-refractivity contribution in [2.45, 2.75) is 18.9 Å². The van der Waals surface area contributed by atoms with Crippen LogP contribution in [0.5, 0.6) is 0 Å². The van der Waals surface area contributed by atoms with E-state index in [2.05, 4.69) is 32.2 Å². The van der Waals surface area contributed by atoms with E-state index in [-0.39, 0.29) is 10.6 Å². The van der Waals surface area contributed by atoms with Crippen molar-refractivity contribution in [3.63, 3.8) is 0 Å². The van der Waals surface area contributed by atoms with Crippen LogP contribution < -0.4 is 5.32 Å². The van der Waals surface area contributed by atoms with Crippen LogP contribution >= 0.6 is 23.2 Å². The monoisotopic (exact) mass is 261 g/mol. The van der Waals surface area contributed by atoms with Gasteiger partial charge in [0.25, 0.3) is 0 Å².